The van der Waals surface area contributed by atoms with Crippen molar-refractivity contribution in [1.82, 2.24) is 10.2 Å². The second-order valence-electron chi connectivity index (χ2n) is 5.68. The monoisotopic (exact) mass is 316 g/mol. The number of β-lactam (4-membered cyclic amide) rings is 1. The number of ether oxygens (including phenoxy) is 1. The molecule has 9 heteroatoms. The summed E-state index contributed by atoms with van der Waals surface area (Å²) < 4.78 is 5.06. The summed E-state index contributed by atoms with van der Waals surface area (Å²) in [5.74, 6) is -2.28. The second kappa shape index (κ2) is 5.14. The molecule has 3 atom stereocenters. The molecule has 2 rings (SSSR count). The number of alkyl carbamates (subject to hydrolysis) is 1. The van der Waals surface area contributed by atoms with Crippen LogP contribution in [0.1, 0.15) is 20.8 Å². The van der Waals surface area contributed by atoms with Crippen molar-refractivity contribution in [3.05, 3.63) is 11.2 Å². The van der Waals surface area contributed by atoms with Crippen LogP contribution in [0.5, 0.6) is 0 Å². The van der Waals surface area contributed by atoms with Crippen LogP contribution in [0.4, 0.5) is 4.79 Å². The fourth-order valence-electron chi connectivity index (χ4n) is 2.06. The summed E-state index contributed by atoms with van der Waals surface area (Å²) in [5.41, 5.74) is -0.696. The molecule has 0 aliphatic carbocycles. The number of thioether (sulfide) groups is 1. The first-order chi connectivity index (χ1) is 9.61. The van der Waals surface area contributed by atoms with Crippen molar-refractivity contribution >= 4 is 29.7 Å². The van der Waals surface area contributed by atoms with Gasteiger partial charge in [0.15, 0.2) is 6.04 Å². The lowest BCUT2D eigenvalue weighted by molar-refractivity contribution is -0.160. The third-order valence-electron chi connectivity index (χ3n) is 2.87. The third-order valence-corrected chi connectivity index (χ3v) is 4.03. The largest absolute Gasteiger partial charge is 0.509 e. The highest BCUT2D eigenvalue weighted by molar-refractivity contribution is 8.02. The first kappa shape index (κ1) is 15.5. The van der Waals surface area contributed by atoms with Crippen molar-refractivity contribution in [3.63, 3.8) is 0 Å². The first-order valence-electron chi connectivity index (χ1n) is 6.21. The van der Waals surface area contributed by atoms with E-state index in [0.717, 1.165) is 16.7 Å². The predicted octanol–water partition coefficient (Wildman–Crippen LogP) is 0.647. The van der Waals surface area contributed by atoms with E-state index >= 15 is 0 Å². The number of rotatable bonds is 2. The van der Waals surface area contributed by atoms with Crippen molar-refractivity contribution in [3.8, 4) is 0 Å². The number of carbonyl (C=O) groups is 3. The van der Waals surface area contributed by atoms with E-state index in [9.17, 15) is 19.5 Å². The molecule has 116 valence electrons. The molecule has 0 aromatic carbocycles. The van der Waals surface area contributed by atoms with Gasteiger partial charge in [-0.05, 0) is 20.8 Å². The van der Waals surface area contributed by atoms with Crippen molar-refractivity contribution in [2.24, 2.45) is 0 Å². The number of amides is 2. The number of hydrogen-bond acceptors (Lipinski definition) is 6. The molecular weight excluding hydrogens is 300 g/mol. The number of hydrogen-bond donors (Lipinski definition) is 3. The summed E-state index contributed by atoms with van der Waals surface area (Å²) in [7, 11) is 0. The highest BCUT2D eigenvalue weighted by Crippen LogP contribution is 2.39. The maximum Gasteiger partial charge on any atom is 0.408 e. The Morgan fingerprint density at radius 1 is 1.43 bits per heavy atom. The lowest BCUT2D eigenvalue weighted by atomic mass is 10.0. The fourth-order valence-corrected chi connectivity index (χ4v) is 3.17. The molecule has 2 heterocycles. The summed E-state index contributed by atoms with van der Waals surface area (Å²) in [6.45, 7) is 5.08. The highest BCUT2D eigenvalue weighted by atomic mass is 32.2. The molecule has 0 aromatic heterocycles. The van der Waals surface area contributed by atoms with E-state index in [-0.39, 0.29) is 0 Å². The minimum atomic E-state index is -1.40. The lowest BCUT2D eigenvalue weighted by Crippen LogP contribution is -2.74. The maximum atomic E-state index is 12.0. The molecule has 1 saturated heterocycles. The molecule has 0 spiro atoms. The molecule has 2 amide bonds. The van der Waals surface area contributed by atoms with Crippen LogP contribution in [-0.2, 0) is 14.3 Å². The zero-order chi connectivity index (χ0) is 15.9. The van der Waals surface area contributed by atoms with Crippen LogP contribution in [0.15, 0.2) is 11.2 Å². The Hall–Kier alpha value is -1.90. The van der Waals surface area contributed by atoms with Gasteiger partial charge in [-0.3, -0.25) is 4.79 Å². The number of nitrogens with one attached hydrogen (secondary N) is 1. The normalized spacial score (nSPS) is 28.1. The molecule has 2 unspecified atom stereocenters. The number of carbonyl (C=O) groups excluding carboxylic acids is 2. The minimum absolute atomic E-state index is 0.396. The Labute approximate surface area is 125 Å². The van der Waals surface area contributed by atoms with Crippen molar-refractivity contribution in [1.29, 1.82) is 0 Å². The number of aliphatic carboxylic acids is 1. The fraction of sp³-hybridized carbons (Fsp3) is 0.583. The Bertz CT molecular complexity index is 526. The zero-order valence-electron chi connectivity index (χ0n) is 11.7. The first-order valence-corrected chi connectivity index (χ1v) is 7.15. The van der Waals surface area contributed by atoms with E-state index in [1.165, 1.54) is 5.41 Å². The van der Waals surface area contributed by atoms with Crippen molar-refractivity contribution < 1.29 is 29.3 Å². The molecule has 0 aromatic rings. The summed E-state index contributed by atoms with van der Waals surface area (Å²) in [4.78, 5) is 35.8. The standard InChI is InChI=1S/C12H16N2O6S/c1-12(2,3)20-11(19)13-6-8(16)14-7(10(17)18)5(15)4-21-9(6)14/h4,6-7,9,15H,1-3H3,(H,13,19)(H,17,18)/t6?,7?,9-/m1/s1. The molecule has 8 nitrogen and oxygen atoms in total. The van der Waals surface area contributed by atoms with E-state index in [4.69, 9.17) is 9.84 Å². The van der Waals surface area contributed by atoms with E-state index in [2.05, 4.69) is 5.32 Å². The zero-order valence-corrected chi connectivity index (χ0v) is 12.5. The molecule has 2 aliphatic rings. The molecule has 0 radical (unpaired) electrons. The second-order valence-corrected chi connectivity index (χ2v) is 6.67. The molecule has 21 heavy (non-hydrogen) atoms. The van der Waals surface area contributed by atoms with Crippen LogP contribution in [0.3, 0.4) is 0 Å². The smallest absolute Gasteiger partial charge is 0.408 e. The van der Waals surface area contributed by atoms with Crippen LogP contribution in [-0.4, -0.2) is 56.1 Å². The van der Waals surface area contributed by atoms with Gasteiger partial charge in [0, 0.05) is 5.41 Å². The summed E-state index contributed by atoms with van der Waals surface area (Å²) in [6, 6.07) is -2.27. The molecule has 0 bridgehead atoms. The van der Waals surface area contributed by atoms with Gasteiger partial charge in [-0.1, -0.05) is 0 Å². The maximum absolute atomic E-state index is 12.0. The van der Waals surface area contributed by atoms with Crippen LogP contribution < -0.4 is 5.32 Å². The number of aliphatic hydroxyl groups excluding tert-OH is 1. The van der Waals surface area contributed by atoms with Gasteiger partial charge in [0.05, 0.1) is 0 Å². The number of aliphatic hydroxyl groups is 1. The Morgan fingerprint density at radius 2 is 2.05 bits per heavy atom. The Morgan fingerprint density at radius 3 is 2.57 bits per heavy atom. The number of carboxylic acids is 1. The average molecular weight is 316 g/mol. The van der Waals surface area contributed by atoms with Gasteiger partial charge in [0.25, 0.3) is 0 Å². The van der Waals surface area contributed by atoms with Crippen LogP contribution in [0.25, 0.3) is 0 Å². The lowest BCUT2D eigenvalue weighted by Gasteiger charge is -2.50. The van der Waals surface area contributed by atoms with Gasteiger partial charge < -0.3 is 25.2 Å². The average Bonchev–Trinajstić information content (AvgIpc) is 2.33. The Kier molecular flexibility index (Phi) is 3.79. The number of fused-ring (bicyclic) bond motifs is 1. The molecular formula is C12H16N2O6S. The summed E-state index contributed by atoms with van der Waals surface area (Å²) in [6.07, 6.45) is -0.744. The van der Waals surface area contributed by atoms with Crippen LogP contribution in [0.2, 0.25) is 0 Å². The Balaban J connectivity index is 2.06. The van der Waals surface area contributed by atoms with E-state index in [1.54, 1.807) is 20.8 Å². The van der Waals surface area contributed by atoms with E-state index in [0.29, 0.717) is 0 Å². The molecule has 2 aliphatic heterocycles. The van der Waals surface area contributed by atoms with E-state index < -0.39 is 46.8 Å². The van der Waals surface area contributed by atoms with Gasteiger partial charge >= 0.3 is 12.1 Å². The molecule has 0 saturated carbocycles. The van der Waals surface area contributed by atoms with Gasteiger partial charge in [-0.15, -0.1) is 11.8 Å². The van der Waals surface area contributed by atoms with Gasteiger partial charge in [-0.2, -0.15) is 0 Å². The predicted molar refractivity (Wildman–Crippen MR) is 73.5 cm³/mol. The third kappa shape index (κ3) is 2.92. The van der Waals surface area contributed by atoms with Gasteiger partial charge in [0.1, 0.15) is 22.8 Å². The minimum Gasteiger partial charge on any atom is -0.509 e. The summed E-state index contributed by atoms with van der Waals surface area (Å²) >= 11 is 1.07. The molecule has 1 fully saturated rings. The van der Waals surface area contributed by atoms with E-state index in [1.807, 2.05) is 0 Å². The highest BCUT2D eigenvalue weighted by Gasteiger charge is 2.56. The SMILES string of the molecule is CC(C)(C)OC(=O)NC1C(=O)N2C(C(=O)O)C(O)=CS[C@H]12. The summed E-state index contributed by atoms with van der Waals surface area (Å²) in [5, 5.41) is 21.7. The topological polar surface area (TPSA) is 116 Å². The number of nitrogens with zero attached hydrogens (tertiary/aromatic N) is 1. The molecule has 3 N–H and O–H groups in total. The van der Waals surface area contributed by atoms with Crippen molar-refractivity contribution in [2.45, 2.75) is 43.8 Å². The van der Waals surface area contributed by atoms with Gasteiger partial charge in [-0.25, -0.2) is 9.59 Å². The number of carboxylic acid groups (broad SMARTS) is 1. The van der Waals surface area contributed by atoms with Crippen molar-refractivity contribution in [2.75, 3.05) is 0 Å². The van der Waals surface area contributed by atoms with Crippen LogP contribution in [0, 0.1) is 0 Å². The van der Waals surface area contributed by atoms with Crippen LogP contribution >= 0.6 is 11.8 Å². The van der Waals surface area contributed by atoms with Gasteiger partial charge in [0.2, 0.25) is 5.91 Å². The quantitative estimate of drug-likeness (QED) is 0.640.